The Morgan fingerprint density at radius 1 is 1.00 bits per heavy atom. The maximum absolute atomic E-state index is 13.8. The van der Waals surface area contributed by atoms with Gasteiger partial charge in [-0.2, -0.15) is 0 Å². The largest absolute Gasteiger partial charge is 0.486 e. The predicted octanol–water partition coefficient (Wildman–Crippen LogP) is 3.48. The first-order valence-electron chi connectivity index (χ1n) is 13.3. The molecular formula is C28H37N3O6S. The highest BCUT2D eigenvalue weighted by Crippen LogP contribution is 2.35. The summed E-state index contributed by atoms with van der Waals surface area (Å²) in [6.45, 7) is 3.74. The molecule has 1 aliphatic heterocycles. The van der Waals surface area contributed by atoms with Crippen LogP contribution in [0.4, 0.5) is 5.69 Å². The quantitative estimate of drug-likeness (QED) is 0.492. The van der Waals surface area contributed by atoms with Crippen molar-refractivity contribution >= 4 is 27.5 Å². The van der Waals surface area contributed by atoms with Crippen LogP contribution < -0.4 is 19.1 Å². The number of carbonyl (C=O) groups excluding carboxylic acids is 2. The van der Waals surface area contributed by atoms with Gasteiger partial charge in [0.15, 0.2) is 11.5 Å². The Morgan fingerprint density at radius 3 is 2.37 bits per heavy atom. The van der Waals surface area contributed by atoms with E-state index >= 15 is 0 Å². The van der Waals surface area contributed by atoms with Gasteiger partial charge in [0.1, 0.15) is 25.8 Å². The average molecular weight is 544 g/mol. The van der Waals surface area contributed by atoms with E-state index in [0.29, 0.717) is 30.4 Å². The lowest BCUT2D eigenvalue weighted by Crippen LogP contribution is -2.53. The lowest BCUT2D eigenvalue weighted by atomic mass is 9.95. The molecule has 0 spiro atoms. The van der Waals surface area contributed by atoms with E-state index in [9.17, 15) is 18.0 Å². The molecule has 2 aliphatic rings. The summed E-state index contributed by atoms with van der Waals surface area (Å²) in [6, 6.07) is 13.5. The second-order valence-corrected chi connectivity index (χ2v) is 11.9. The molecule has 0 bridgehead atoms. The summed E-state index contributed by atoms with van der Waals surface area (Å²) < 4.78 is 38.6. The van der Waals surface area contributed by atoms with Gasteiger partial charge in [-0.25, -0.2) is 8.42 Å². The van der Waals surface area contributed by atoms with Gasteiger partial charge in [-0.15, -0.1) is 0 Å². The van der Waals surface area contributed by atoms with E-state index in [1.165, 1.54) is 18.2 Å². The molecule has 4 rings (SSSR count). The SMILES string of the molecule is CCS(=O)(=O)N(CC(=O)N(Cc1ccccc1)[C@H](C)C(=O)NC1CCCCC1)c1ccc2c(c1)OCCO2. The van der Waals surface area contributed by atoms with E-state index < -0.39 is 28.5 Å². The van der Waals surface area contributed by atoms with Crippen LogP contribution in [0.3, 0.4) is 0 Å². The molecular weight excluding hydrogens is 506 g/mol. The van der Waals surface area contributed by atoms with E-state index in [0.717, 1.165) is 35.6 Å². The summed E-state index contributed by atoms with van der Waals surface area (Å²) in [5.41, 5.74) is 1.16. The van der Waals surface area contributed by atoms with Gasteiger partial charge < -0.3 is 19.7 Å². The van der Waals surface area contributed by atoms with E-state index in [2.05, 4.69) is 5.32 Å². The number of hydrogen-bond donors (Lipinski definition) is 1. The van der Waals surface area contributed by atoms with Gasteiger partial charge in [0, 0.05) is 18.7 Å². The second kappa shape index (κ2) is 12.5. The van der Waals surface area contributed by atoms with Crippen molar-refractivity contribution in [3.05, 3.63) is 54.1 Å². The number of fused-ring (bicyclic) bond motifs is 1. The number of sulfonamides is 1. The zero-order valence-corrected chi connectivity index (χ0v) is 22.9. The van der Waals surface area contributed by atoms with Gasteiger partial charge in [0.05, 0.1) is 11.4 Å². The molecule has 2 amide bonds. The number of nitrogens with zero attached hydrogens (tertiary/aromatic N) is 2. The third-order valence-corrected chi connectivity index (χ3v) is 8.85. The maximum atomic E-state index is 13.8. The Hall–Kier alpha value is -3.27. The molecule has 38 heavy (non-hydrogen) atoms. The van der Waals surface area contributed by atoms with E-state index in [-0.39, 0.29) is 24.2 Å². The molecule has 1 saturated carbocycles. The van der Waals surface area contributed by atoms with Crippen LogP contribution in [0.15, 0.2) is 48.5 Å². The summed E-state index contributed by atoms with van der Waals surface area (Å²) in [6.07, 6.45) is 5.17. The summed E-state index contributed by atoms with van der Waals surface area (Å²) in [4.78, 5) is 28.5. The highest BCUT2D eigenvalue weighted by Gasteiger charge is 2.32. The fourth-order valence-electron chi connectivity index (χ4n) is 4.84. The Morgan fingerprint density at radius 2 is 1.68 bits per heavy atom. The molecule has 0 aromatic heterocycles. The van der Waals surface area contributed by atoms with Crippen molar-refractivity contribution in [1.82, 2.24) is 10.2 Å². The van der Waals surface area contributed by atoms with Crippen LogP contribution in [-0.4, -0.2) is 62.7 Å². The predicted molar refractivity (Wildman–Crippen MR) is 146 cm³/mol. The van der Waals surface area contributed by atoms with Crippen molar-refractivity contribution in [1.29, 1.82) is 0 Å². The summed E-state index contributed by atoms with van der Waals surface area (Å²) in [5.74, 6) is 0.0701. The number of carbonyl (C=O) groups is 2. The first-order chi connectivity index (χ1) is 18.3. The van der Waals surface area contributed by atoms with Crippen LogP contribution in [0.25, 0.3) is 0 Å². The third kappa shape index (κ3) is 6.78. The molecule has 1 aliphatic carbocycles. The van der Waals surface area contributed by atoms with Gasteiger partial charge >= 0.3 is 0 Å². The third-order valence-electron chi connectivity index (χ3n) is 7.11. The molecule has 0 saturated heterocycles. The molecule has 2 aromatic carbocycles. The zero-order chi connectivity index (χ0) is 27.1. The van der Waals surface area contributed by atoms with Crippen LogP contribution in [-0.2, 0) is 26.2 Å². The molecule has 1 atom stereocenters. The lowest BCUT2D eigenvalue weighted by molar-refractivity contribution is -0.139. The first kappa shape index (κ1) is 27.8. The molecule has 2 aromatic rings. The van der Waals surface area contributed by atoms with Crippen molar-refractivity contribution in [2.45, 2.75) is 64.6 Å². The number of amides is 2. The Kier molecular flexibility index (Phi) is 9.14. The van der Waals surface area contributed by atoms with Crippen LogP contribution >= 0.6 is 0 Å². The van der Waals surface area contributed by atoms with Gasteiger partial charge in [0.2, 0.25) is 21.8 Å². The monoisotopic (exact) mass is 543 g/mol. The number of ether oxygens (including phenoxy) is 2. The van der Waals surface area contributed by atoms with Gasteiger partial charge in [-0.05, 0) is 44.4 Å². The molecule has 0 unspecified atom stereocenters. The maximum Gasteiger partial charge on any atom is 0.244 e. The topological polar surface area (TPSA) is 105 Å². The van der Waals surface area contributed by atoms with Crippen molar-refractivity contribution in [3.8, 4) is 11.5 Å². The second-order valence-electron chi connectivity index (χ2n) is 9.76. The highest BCUT2D eigenvalue weighted by atomic mass is 32.2. The fraction of sp³-hybridized carbons (Fsp3) is 0.500. The summed E-state index contributed by atoms with van der Waals surface area (Å²) >= 11 is 0. The molecule has 206 valence electrons. The normalized spacial score (nSPS) is 16.4. The van der Waals surface area contributed by atoms with Gasteiger partial charge in [-0.3, -0.25) is 13.9 Å². The van der Waals surface area contributed by atoms with Gasteiger partial charge in [0.25, 0.3) is 0 Å². The molecule has 9 nitrogen and oxygen atoms in total. The molecule has 0 radical (unpaired) electrons. The van der Waals surface area contributed by atoms with Crippen LogP contribution in [0, 0.1) is 0 Å². The minimum atomic E-state index is -3.82. The molecule has 10 heteroatoms. The number of anilines is 1. The van der Waals surface area contributed by atoms with Gasteiger partial charge in [-0.1, -0.05) is 49.6 Å². The summed E-state index contributed by atoms with van der Waals surface area (Å²) in [7, 11) is -3.82. The van der Waals surface area contributed by atoms with Crippen molar-refractivity contribution in [3.63, 3.8) is 0 Å². The molecule has 1 heterocycles. The van der Waals surface area contributed by atoms with E-state index in [4.69, 9.17) is 9.47 Å². The number of benzene rings is 2. The first-order valence-corrected chi connectivity index (χ1v) is 14.9. The van der Waals surface area contributed by atoms with Crippen molar-refractivity contribution < 1.29 is 27.5 Å². The number of hydrogen-bond acceptors (Lipinski definition) is 6. The lowest BCUT2D eigenvalue weighted by Gasteiger charge is -2.33. The standard InChI is InChI=1S/C28H37N3O6S/c1-3-38(34,35)31(24-14-15-25-26(18-24)37-17-16-36-25)20-27(32)30(19-22-10-6-4-7-11-22)21(2)28(33)29-23-12-8-5-9-13-23/h4,6-7,10-11,14-15,18,21,23H,3,5,8-9,12-13,16-17,19-20H2,1-2H3,(H,29,33)/t21-/m1/s1. The van der Waals surface area contributed by atoms with Crippen LogP contribution in [0.5, 0.6) is 11.5 Å². The number of nitrogens with one attached hydrogen (secondary N) is 1. The van der Waals surface area contributed by atoms with Crippen molar-refractivity contribution in [2.24, 2.45) is 0 Å². The molecule has 1 fully saturated rings. The van der Waals surface area contributed by atoms with E-state index in [1.807, 2.05) is 30.3 Å². The number of rotatable bonds is 10. The Balaban J connectivity index is 1.60. The average Bonchev–Trinajstić information content (AvgIpc) is 2.94. The van der Waals surface area contributed by atoms with Crippen LogP contribution in [0.2, 0.25) is 0 Å². The smallest absolute Gasteiger partial charge is 0.244 e. The zero-order valence-electron chi connectivity index (χ0n) is 22.1. The molecule has 1 N–H and O–H groups in total. The van der Waals surface area contributed by atoms with Crippen LogP contribution in [0.1, 0.15) is 51.5 Å². The highest BCUT2D eigenvalue weighted by molar-refractivity contribution is 7.92. The Bertz CT molecular complexity index is 1210. The van der Waals surface area contributed by atoms with E-state index in [1.54, 1.807) is 25.1 Å². The van der Waals surface area contributed by atoms with Crippen molar-refractivity contribution in [2.75, 3.05) is 29.8 Å². The minimum Gasteiger partial charge on any atom is -0.486 e. The minimum absolute atomic E-state index is 0.0991. The fourth-order valence-corrected chi connectivity index (χ4v) is 5.89. The summed E-state index contributed by atoms with van der Waals surface area (Å²) in [5, 5.41) is 3.11. The Labute approximate surface area is 225 Å².